The zero-order valence-corrected chi connectivity index (χ0v) is 23.9. The van der Waals surface area contributed by atoms with Crippen LogP contribution in [0.4, 0.5) is 14.6 Å². The molecule has 0 bridgehead atoms. The van der Waals surface area contributed by atoms with Crippen LogP contribution in [0.1, 0.15) is 35.8 Å². The smallest absolute Gasteiger partial charge is 0.253 e. The van der Waals surface area contributed by atoms with Crippen LogP contribution in [-0.2, 0) is 13.1 Å². The summed E-state index contributed by atoms with van der Waals surface area (Å²) in [6.45, 7) is 6.83. The molecular formula is C29H33BrClF2N5O. The van der Waals surface area contributed by atoms with Crippen LogP contribution >= 0.6 is 27.5 Å². The molecule has 3 heterocycles. The quantitative estimate of drug-likeness (QED) is 0.365. The number of carbonyl (C=O) groups excluding carboxylic acids is 1. The average molecular weight is 621 g/mol. The lowest BCUT2D eigenvalue weighted by Crippen LogP contribution is -2.53. The lowest BCUT2D eigenvalue weighted by Gasteiger charge is -2.43. The fourth-order valence-corrected chi connectivity index (χ4v) is 5.86. The number of benzene rings is 2. The third-order valence-electron chi connectivity index (χ3n) is 7.53. The summed E-state index contributed by atoms with van der Waals surface area (Å²) in [5.74, 6) is -1.57. The van der Waals surface area contributed by atoms with E-state index in [4.69, 9.17) is 11.6 Å². The van der Waals surface area contributed by atoms with Crippen LogP contribution < -0.4 is 10.2 Å². The summed E-state index contributed by atoms with van der Waals surface area (Å²) in [7, 11) is 0. The molecule has 0 radical (unpaired) electrons. The number of rotatable bonds is 7. The summed E-state index contributed by atoms with van der Waals surface area (Å²) in [4.78, 5) is 24.3. The van der Waals surface area contributed by atoms with E-state index in [1.54, 1.807) is 6.07 Å². The predicted octanol–water partition coefficient (Wildman–Crippen LogP) is 5.74. The van der Waals surface area contributed by atoms with Crippen LogP contribution in [0, 0.1) is 11.6 Å². The van der Waals surface area contributed by atoms with Crippen LogP contribution in [0.25, 0.3) is 0 Å². The standard InChI is InChI=1S/C29H31BrClF2N5O.H2/c30-23-4-1-20(2-5-23)19-36-9-7-24(8-10-36)37-11-13-38(14-12-37)28-25(31)16-22(18-34-28)29(39)35-17-21-3-6-26(32)27(33)15-21;/h1-6,15-16,18,24H,7-14,17,19H2,(H,35,39);1H. The van der Waals surface area contributed by atoms with Crippen molar-refractivity contribution in [1.82, 2.24) is 20.1 Å². The van der Waals surface area contributed by atoms with Gasteiger partial charge in [-0.15, -0.1) is 0 Å². The number of pyridine rings is 1. The van der Waals surface area contributed by atoms with E-state index in [9.17, 15) is 13.6 Å². The second-order valence-electron chi connectivity index (χ2n) is 10.1. The number of nitrogens with one attached hydrogen (secondary N) is 1. The van der Waals surface area contributed by atoms with Gasteiger partial charge < -0.3 is 10.2 Å². The Bertz CT molecular complexity index is 1300. The van der Waals surface area contributed by atoms with Gasteiger partial charge in [-0.2, -0.15) is 0 Å². The number of carbonyl (C=O) groups is 1. The molecule has 0 spiro atoms. The van der Waals surface area contributed by atoms with Crippen LogP contribution in [0.3, 0.4) is 0 Å². The number of halogens is 4. The highest BCUT2D eigenvalue weighted by atomic mass is 79.9. The van der Waals surface area contributed by atoms with Gasteiger partial charge in [-0.1, -0.05) is 45.7 Å². The average Bonchev–Trinajstić information content (AvgIpc) is 2.95. The Hall–Kier alpha value is -2.59. The number of likely N-dealkylation sites (tertiary alicyclic amines) is 1. The van der Waals surface area contributed by atoms with Crippen LogP contribution in [0.15, 0.2) is 59.2 Å². The number of hydrogen-bond donors (Lipinski definition) is 1. The molecule has 10 heteroatoms. The molecule has 1 aromatic heterocycles. The van der Waals surface area contributed by atoms with E-state index in [2.05, 4.69) is 65.2 Å². The molecule has 0 saturated carbocycles. The van der Waals surface area contributed by atoms with E-state index in [-0.39, 0.29) is 13.9 Å². The minimum Gasteiger partial charge on any atom is -0.353 e. The van der Waals surface area contributed by atoms with Gasteiger partial charge in [0.25, 0.3) is 5.91 Å². The molecule has 2 aliphatic heterocycles. The maximum atomic E-state index is 13.4. The van der Waals surface area contributed by atoms with Gasteiger partial charge in [0, 0.05) is 57.4 Å². The van der Waals surface area contributed by atoms with Crippen LogP contribution in [0.2, 0.25) is 5.02 Å². The van der Waals surface area contributed by atoms with E-state index in [0.717, 1.165) is 62.4 Å². The summed E-state index contributed by atoms with van der Waals surface area (Å²) in [6, 6.07) is 14.3. The molecule has 5 rings (SSSR count). The molecular weight excluding hydrogens is 588 g/mol. The maximum Gasteiger partial charge on any atom is 0.253 e. The summed E-state index contributed by atoms with van der Waals surface area (Å²) < 4.78 is 27.6. The largest absolute Gasteiger partial charge is 0.353 e. The molecule has 2 saturated heterocycles. The lowest BCUT2D eigenvalue weighted by atomic mass is 10.0. The second-order valence-corrected chi connectivity index (χ2v) is 11.4. The second kappa shape index (κ2) is 12.7. The Morgan fingerprint density at radius 3 is 2.33 bits per heavy atom. The molecule has 6 nitrogen and oxygen atoms in total. The zero-order valence-electron chi connectivity index (χ0n) is 21.6. The minimum atomic E-state index is -0.946. The van der Waals surface area contributed by atoms with Crippen LogP contribution in [-0.4, -0.2) is 66.0 Å². The SMILES string of the molecule is O=C(NCc1ccc(F)c(F)c1)c1cnc(N2CCN(C3CCN(Cc4ccc(Br)cc4)CC3)CC2)c(Cl)c1.[HH]. The molecule has 208 valence electrons. The Morgan fingerprint density at radius 1 is 0.974 bits per heavy atom. The first kappa shape index (κ1) is 28.0. The first-order chi connectivity index (χ1) is 18.9. The summed E-state index contributed by atoms with van der Waals surface area (Å²) >= 11 is 10.0. The Morgan fingerprint density at radius 2 is 1.67 bits per heavy atom. The predicted molar refractivity (Wildman–Crippen MR) is 155 cm³/mol. The van der Waals surface area contributed by atoms with Gasteiger partial charge in [0.1, 0.15) is 5.82 Å². The zero-order chi connectivity index (χ0) is 27.4. The van der Waals surface area contributed by atoms with Crippen molar-refractivity contribution in [3.8, 4) is 0 Å². The highest BCUT2D eigenvalue weighted by Gasteiger charge is 2.28. The van der Waals surface area contributed by atoms with Gasteiger partial charge in [-0.3, -0.25) is 14.6 Å². The van der Waals surface area contributed by atoms with Crippen molar-refractivity contribution in [3.05, 3.63) is 92.5 Å². The molecule has 2 aromatic carbocycles. The molecule has 39 heavy (non-hydrogen) atoms. The summed E-state index contributed by atoms with van der Waals surface area (Å²) in [6.07, 6.45) is 3.85. The number of piperazine rings is 1. The topological polar surface area (TPSA) is 51.7 Å². The van der Waals surface area contributed by atoms with Gasteiger partial charge in [0.05, 0.1) is 10.6 Å². The van der Waals surface area contributed by atoms with Gasteiger partial charge >= 0.3 is 0 Å². The number of amides is 1. The van der Waals surface area contributed by atoms with Crippen LogP contribution in [0.5, 0.6) is 0 Å². The van der Waals surface area contributed by atoms with E-state index >= 15 is 0 Å². The number of piperidine rings is 1. The summed E-state index contributed by atoms with van der Waals surface area (Å²) in [5, 5.41) is 3.12. The third kappa shape index (κ3) is 7.14. The first-order valence-corrected chi connectivity index (χ1v) is 14.4. The Balaban J connectivity index is 0.00000370. The molecule has 2 aliphatic rings. The molecule has 0 unspecified atom stereocenters. The number of nitrogens with zero attached hydrogens (tertiary/aromatic N) is 4. The van der Waals surface area contributed by atoms with Crippen molar-refractivity contribution < 1.29 is 15.0 Å². The molecule has 3 aromatic rings. The van der Waals surface area contributed by atoms with E-state index in [1.807, 2.05) is 0 Å². The molecule has 0 atom stereocenters. The number of hydrogen-bond acceptors (Lipinski definition) is 5. The maximum absolute atomic E-state index is 13.4. The minimum absolute atomic E-state index is 0. The fraction of sp³-hybridized carbons (Fsp3) is 0.379. The monoisotopic (exact) mass is 619 g/mol. The molecule has 0 aliphatic carbocycles. The van der Waals surface area contributed by atoms with Crippen molar-refractivity contribution in [3.63, 3.8) is 0 Å². The Kier molecular flexibility index (Phi) is 9.12. The van der Waals surface area contributed by atoms with Crippen molar-refractivity contribution in [1.29, 1.82) is 0 Å². The highest BCUT2D eigenvalue weighted by Crippen LogP contribution is 2.27. The van der Waals surface area contributed by atoms with Gasteiger partial charge in [-0.05, 0) is 67.4 Å². The number of aromatic nitrogens is 1. The van der Waals surface area contributed by atoms with Crippen molar-refractivity contribution >= 4 is 39.3 Å². The van der Waals surface area contributed by atoms with Gasteiger partial charge in [0.2, 0.25) is 0 Å². The lowest BCUT2D eigenvalue weighted by molar-refractivity contribution is 0.0950. The van der Waals surface area contributed by atoms with Crippen molar-refractivity contribution in [2.45, 2.75) is 32.0 Å². The van der Waals surface area contributed by atoms with E-state index < -0.39 is 11.6 Å². The number of anilines is 1. The molecule has 2 fully saturated rings. The normalized spacial score (nSPS) is 17.4. The van der Waals surface area contributed by atoms with Crippen molar-refractivity contribution in [2.75, 3.05) is 44.2 Å². The van der Waals surface area contributed by atoms with Gasteiger partial charge in [0.15, 0.2) is 11.6 Å². The Labute approximate surface area is 242 Å². The first-order valence-electron chi connectivity index (χ1n) is 13.2. The highest BCUT2D eigenvalue weighted by molar-refractivity contribution is 9.10. The third-order valence-corrected chi connectivity index (χ3v) is 8.33. The summed E-state index contributed by atoms with van der Waals surface area (Å²) in [5.41, 5.74) is 2.13. The van der Waals surface area contributed by atoms with E-state index in [0.29, 0.717) is 28.0 Å². The molecule has 1 N–H and O–H groups in total. The van der Waals surface area contributed by atoms with Gasteiger partial charge in [-0.25, -0.2) is 13.8 Å². The molecule has 1 amide bonds. The van der Waals surface area contributed by atoms with Crippen molar-refractivity contribution in [2.24, 2.45) is 0 Å². The fourth-order valence-electron chi connectivity index (χ4n) is 5.31. The van der Waals surface area contributed by atoms with E-state index in [1.165, 1.54) is 30.7 Å².